The molecule has 0 radical (unpaired) electrons. The Bertz CT molecular complexity index is 238. The average Bonchev–Trinajstić information content (AvgIpc) is 2.09. The van der Waals surface area contributed by atoms with Gasteiger partial charge in [0, 0.05) is 13.3 Å². The zero-order chi connectivity index (χ0) is 8.81. The Kier molecular flexibility index (Phi) is 3.54. The molecule has 12 heavy (non-hydrogen) atoms. The minimum atomic E-state index is 0.572. The van der Waals surface area contributed by atoms with E-state index in [0.29, 0.717) is 13.2 Å². The fourth-order valence-corrected chi connectivity index (χ4v) is 0.857. The first kappa shape index (κ1) is 9.00. The van der Waals surface area contributed by atoms with Gasteiger partial charge in [0.1, 0.15) is 12.4 Å². The Morgan fingerprint density at radius 3 is 2.92 bits per heavy atom. The summed E-state index contributed by atoms with van der Waals surface area (Å²) in [5, 5.41) is 0. The van der Waals surface area contributed by atoms with Gasteiger partial charge in [-0.05, 0) is 19.1 Å². The van der Waals surface area contributed by atoms with Crippen molar-refractivity contribution in [2.75, 3.05) is 20.3 Å². The molecule has 0 fully saturated rings. The summed E-state index contributed by atoms with van der Waals surface area (Å²) in [5.41, 5.74) is 0.911. The molecule has 3 heteroatoms. The zero-order valence-electron chi connectivity index (χ0n) is 7.41. The van der Waals surface area contributed by atoms with Crippen molar-refractivity contribution in [1.82, 2.24) is 4.98 Å². The smallest absolute Gasteiger partial charge is 0.140 e. The fraction of sp³-hybridized carbons (Fsp3) is 0.444. The number of ether oxygens (including phenoxy) is 2. The summed E-state index contributed by atoms with van der Waals surface area (Å²) in [6, 6.07) is 3.76. The quantitative estimate of drug-likeness (QED) is 0.635. The second-order valence-electron chi connectivity index (χ2n) is 2.43. The van der Waals surface area contributed by atoms with E-state index in [1.165, 1.54) is 0 Å². The maximum Gasteiger partial charge on any atom is 0.140 e. The summed E-state index contributed by atoms with van der Waals surface area (Å²) in [6.45, 7) is 3.10. The number of methoxy groups -OCH3 is 1. The summed E-state index contributed by atoms with van der Waals surface area (Å²) >= 11 is 0. The molecule has 0 amide bonds. The fourth-order valence-electron chi connectivity index (χ4n) is 0.857. The summed E-state index contributed by atoms with van der Waals surface area (Å²) in [7, 11) is 1.65. The molecule has 0 bridgehead atoms. The van der Waals surface area contributed by atoms with Gasteiger partial charge in [-0.2, -0.15) is 0 Å². The number of pyridine rings is 1. The lowest BCUT2D eigenvalue weighted by molar-refractivity contribution is 0.145. The molecule has 0 unspecified atom stereocenters. The lowest BCUT2D eigenvalue weighted by Gasteiger charge is -2.06. The highest BCUT2D eigenvalue weighted by Crippen LogP contribution is 2.12. The van der Waals surface area contributed by atoms with E-state index in [-0.39, 0.29) is 0 Å². The third kappa shape index (κ3) is 2.51. The SMILES string of the molecule is COCCOc1cccnc1C. The van der Waals surface area contributed by atoms with Crippen LogP contribution in [-0.2, 0) is 4.74 Å². The monoisotopic (exact) mass is 167 g/mol. The Labute approximate surface area is 72.3 Å². The summed E-state index contributed by atoms with van der Waals surface area (Å²) in [5.74, 6) is 0.828. The molecule has 1 aromatic heterocycles. The molecular weight excluding hydrogens is 154 g/mol. The molecule has 3 nitrogen and oxygen atoms in total. The molecule has 0 spiro atoms. The number of nitrogens with zero attached hydrogens (tertiary/aromatic N) is 1. The van der Waals surface area contributed by atoms with Crippen molar-refractivity contribution in [3.63, 3.8) is 0 Å². The van der Waals surface area contributed by atoms with Crippen molar-refractivity contribution in [2.24, 2.45) is 0 Å². The normalized spacial score (nSPS) is 9.83. The maximum absolute atomic E-state index is 5.39. The third-order valence-electron chi connectivity index (χ3n) is 1.50. The lowest BCUT2D eigenvalue weighted by atomic mass is 10.3. The molecule has 0 saturated carbocycles. The van der Waals surface area contributed by atoms with E-state index < -0.39 is 0 Å². The standard InChI is InChI=1S/C9H13NO2/c1-8-9(4-3-5-10-8)12-7-6-11-2/h3-5H,6-7H2,1-2H3. The van der Waals surface area contributed by atoms with E-state index in [9.17, 15) is 0 Å². The van der Waals surface area contributed by atoms with Crippen LogP contribution in [0.4, 0.5) is 0 Å². The van der Waals surface area contributed by atoms with Crippen LogP contribution in [0.5, 0.6) is 5.75 Å². The number of hydrogen-bond acceptors (Lipinski definition) is 3. The molecule has 0 N–H and O–H groups in total. The Hall–Kier alpha value is -1.09. The lowest BCUT2D eigenvalue weighted by Crippen LogP contribution is -2.05. The van der Waals surface area contributed by atoms with Gasteiger partial charge in [0.25, 0.3) is 0 Å². The average molecular weight is 167 g/mol. The van der Waals surface area contributed by atoms with Crippen molar-refractivity contribution >= 4 is 0 Å². The van der Waals surface area contributed by atoms with E-state index >= 15 is 0 Å². The topological polar surface area (TPSA) is 31.4 Å². The number of rotatable bonds is 4. The highest BCUT2D eigenvalue weighted by atomic mass is 16.5. The first-order valence-electron chi connectivity index (χ1n) is 3.88. The van der Waals surface area contributed by atoms with Crippen molar-refractivity contribution in [1.29, 1.82) is 0 Å². The van der Waals surface area contributed by atoms with Gasteiger partial charge in [-0.1, -0.05) is 0 Å². The molecule has 1 heterocycles. The van der Waals surface area contributed by atoms with Crippen LogP contribution in [0.3, 0.4) is 0 Å². The van der Waals surface area contributed by atoms with E-state index in [4.69, 9.17) is 9.47 Å². The molecular formula is C9H13NO2. The Morgan fingerprint density at radius 1 is 1.42 bits per heavy atom. The van der Waals surface area contributed by atoms with Crippen LogP contribution in [-0.4, -0.2) is 25.3 Å². The van der Waals surface area contributed by atoms with Gasteiger partial charge in [0.2, 0.25) is 0 Å². The molecule has 1 aromatic rings. The van der Waals surface area contributed by atoms with E-state index in [1.54, 1.807) is 13.3 Å². The van der Waals surface area contributed by atoms with Gasteiger partial charge >= 0.3 is 0 Å². The number of aryl methyl sites for hydroxylation is 1. The van der Waals surface area contributed by atoms with Crippen LogP contribution < -0.4 is 4.74 Å². The Morgan fingerprint density at radius 2 is 2.25 bits per heavy atom. The molecule has 0 aliphatic heterocycles. The van der Waals surface area contributed by atoms with Gasteiger partial charge in [0.05, 0.1) is 12.3 Å². The predicted octanol–water partition coefficient (Wildman–Crippen LogP) is 1.42. The van der Waals surface area contributed by atoms with Crippen molar-refractivity contribution < 1.29 is 9.47 Å². The largest absolute Gasteiger partial charge is 0.489 e. The number of aromatic nitrogens is 1. The summed E-state index contributed by atoms with van der Waals surface area (Å²) < 4.78 is 10.2. The molecule has 66 valence electrons. The van der Waals surface area contributed by atoms with Crippen LogP contribution in [0.15, 0.2) is 18.3 Å². The summed E-state index contributed by atoms with van der Waals surface area (Å²) in [4.78, 5) is 4.09. The second-order valence-corrected chi connectivity index (χ2v) is 2.43. The number of hydrogen-bond donors (Lipinski definition) is 0. The van der Waals surface area contributed by atoms with Gasteiger partial charge in [-0.15, -0.1) is 0 Å². The van der Waals surface area contributed by atoms with Crippen LogP contribution in [0.25, 0.3) is 0 Å². The van der Waals surface area contributed by atoms with E-state index in [1.807, 2.05) is 19.1 Å². The van der Waals surface area contributed by atoms with Gasteiger partial charge in [-0.3, -0.25) is 4.98 Å². The van der Waals surface area contributed by atoms with Gasteiger partial charge in [-0.25, -0.2) is 0 Å². The highest BCUT2D eigenvalue weighted by molar-refractivity contribution is 5.25. The van der Waals surface area contributed by atoms with Crippen LogP contribution in [0.1, 0.15) is 5.69 Å². The van der Waals surface area contributed by atoms with E-state index in [0.717, 1.165) is 11.4 Å². The maximum atomic E-state index is 5.39. The first-order valence-corrected chi connectivity index (χ1v) is 3.88. The van der Waals surface area contributed by atoms with Crippen molar-refractivity contribution in [3.05, 3.63) is 24.0 Å². The molecule has 0 aliphatic carbocycles. The molecule has 0 aliphatic rings. The van der Waals surface area contributed by atoms with Gasteiger partial charge < -0.3 is 9.47 Å². The molecule has 0 saturated heterocycles. The molecule has 1 rings (SSSR count). The first-order chi connectivity index (χ1) is 5.84. The molecule has 0 atom stereocenters. The van der Waals surface area contributed by atoms with Crippen LogP contribution in [0.2, 0.25) is 0 Å². The van der Waals surface area contributed by atoms with Crippen LogP contribution >= 0.6 is 0 Å². The van der Waals surface area contributed by atoms with E-state index in [2.05, 4.69) is 4.98 Å². The van der Waals surface area contributed by atoms with Crippen LogP contribution in [0, 0.1) is 6.92 Å². The van der Waals surface area contributed by atoms with Crippen molar-refractivity contribution in [2.45, 2.75) is 6.92 Å². The minimum Gasteiger partial charge on any atom is -0.489 e. The summed E-state index contributed by atoms with van der Waals surface area (Å²) in [6.07, 6.45) is 1.75. The third-order valence-corrected chi connectivity index (χ3v) is 1.50. The zero-order valence-corrected chi connectivity index (χ0v) is 7.41. The minimum absolute atomic E-state index is 0.572. The molecule has 0 aromatic carbocycles. The highest BCUT2D eigenvalue weighted by Gasteiger charge is 1.96. The second kappa shape index (κ2) is 4.72. The van der Waals surface area contributed by atoms with Gasteiger partial charge in [0.15, 0.2) is 0 Å². The van der Waals surface area contributed by atoms with Crippen molar-refractivity contribution in [3.8, 4) is 5.75 Å². The predicted molar refractivity (Wildman–Crippen MR) is 46.3 cm³/mol. The Balaban J connectivity index is 2.46.